The van der Waals surface area contributed by atoms with Crippen LogP contribution >= 0.6 is 22.9 Å². The van der Waals surface area contributed by atoms with Crippen molar-refractivity contribution >= 4 is 44.7 Å². The van der Waals surface area contributed by atoms with Crippen LogP contribution < -0.4 is 5.32 Å². The minimum atomic E-state index is 0.753. The van der Waals surface area contributed by atoms with E-state index in [2.05, 4.69) is 29.1 Å². The molecular formula is C18H18ClN3S. The van der Waals surface area contributed by atoms with E-state index in [9.17, 15) is 0 Å². The Kier molecular flexibility index (Phi) is 3.74. The van der Waals surface area contributed by atoms with Crippen LogP contribution in [0.25, 0.3) is 10.2 Å². The van der Waals surface area contributed by atoms with E-state index < -0.39 is 0 Å². The van der Waals surface area contributed by atoms with Gasteiger partial charge in [0.2, 0.25) is 0 Å². The zero-order valence-electron chi connectivity index (χ0n) is 13.2. The first-order valence-corrected chi connectivity index (χ1v) is 9.09. The summed E-state index contributed by atoms with van der Waals surface area (Å²) < 4.78 is 0. The maximum Gasteiger partial charge on any atom is 0.142 e. The smallest absolute Gasteiger partial charge is 0.142 e. The second-order valence-electron chi connectivity index (χ2n) is 6.34. The molecule has 0 bridgehead atoms. The molecule has 0 radical (unpaired) electrons. The van der Waals surface area contributed by atoms with Crippen LogP contribution in [-0.2, 0) is 12.8 Å². The average Bonchev–Trinajstić information content (AvgIpc) is 2.88. The van der Waals surface area contributed by atoms with E-state index in [1.807, 2.05) is 29.5 Å². The number of benzene rings is 1. The first-order valence-electron chi connectivity index (χ1n) is 7.90. The zero-order chi connectivity index (χ0) is 16.0. The van der Waals surface area contributed by atoms with Gasteiger partial charge in [-0.25, -0.2) is 9.97 Å². The van der Waals surface area contributed by atoms with Crippen molar-refractivity contribution in [3.05, 3.63) is 45.6 Å². The summed E-state index contributed by atoms with van der Waals surface area (Å²) in [5.74, 6) is 1.67. The Morgan fingerprint density at radius 3 is 3.00 bits per heavy atom. The number of aromatic nitrogens is 2. The molecule has 4 rings (SSSR count). The summed E-state index contributed by atoms with van der Waals surface area (Å²) in [5, 5.41) is 5.44. The van der Waals surface area contributed by atoms with Gasteiger partial charge in [0.25, 0.3) is 0 Å². The van der Waals surface area contributed by atoms with E-state index in [0.29, 0.717) is 0 Å². The number of nitrogens with zero attached hydrogens (tertiary/aromatic N) is 2. The molecule has 1 atom stereocenters. The summed E-state index contributed by atoms with van der Waals surface area (Å²) in [6.45, 7) is 4.38. The highest BCUT2D eigenvalue weighted by atomic mass is 35.5. The molecule has 2 heterocycles. The first-order chi connectivity index (χ1) is 11.1. The third kappa shape index (κ3) is 2.70. The average molecular weight is 344 g/mol. The van der Waals surface area contributed by atoms with Crippen molar-refractivity contribution in [2.45, 2.75) is 33.1 Å². The van der Waals surface area contributed by atoms with Crippen molar-refractivity contribution in [2.24, 2.45) is 5.92 Å². The second-order valence-corrected chi connectivity index (χ2v) is 7.86. The summed E-state index contributed by atoms with van der Waals surface area (Å²) in [5.41, 5.74) is 3.60. The molecule has 23 heavy (non-hydrogen) atoms. The molecule has 0 fully saturated rings. The molecule has 118 valence electrons. The Bertz CT molecular complexity index is 887. The normalized spacial score (nSPS) is 17.3. The summed E-state index contributed by atoms with van der Waals surface area (Å²) in [6, 6.07) is 5.87. The first kappa shape index (κ1) is 14.9. The topological polar surface area (TPSA) is 37.8 Å². The fourth-order valence-corrected chi connectivity index (χ4v) is 4.84. The van der Waals surface area contributed by atoms with Crippen molar-refractivity contribution in [2.75, 3.05) is 5.32 Å². The minimum absolute atomic E-state index is 0.753. The summed E-state index contributed by atoms with van der Waals surface area (Å²) in [4.78, 5) is 11.6. The number of aryl methyl sites for hydroxylation is 2. The Morgan fingerprint density at radius 1 is 1.30 bits per heavy atom. The molecule has 1 aromatic carbocycles. The maximum absolute atomic E-state index is 6.05. The molecule has 3 aromatic rings. The van der Waals surface area contributed by atoms with Crippen molar-refractivity contribution < 1.29 is 0 Å². The van der Waals surface area contributed by atoms with Crippen LogP contribution in [0.5, 0.6) is 0 Å². The van der Waals surface area contributed by atoms with Gasteiger partial charge in [0.05, 0.1) is 5.39 Å². The number of halogens is 1. The largest absolute Gasteiger partial charge is 0.339 e. The van der Waals surface area contributed by atoms with Crippen LogP contribution in [0.4, 0.5) is 11.5 Å². The monoisotopic (exact) mass is 343 g/mol. The number of hydrogen-bond donors (Lipinski definition) is 1. The predicted molar refractivity (Wildman–Crippen MR) is 98.1 cm³/mol. The van der Waals surface area contributed by atoms with Crippen LogP contribution in [-0.4, -0.2) is 9.97 Å². The van der Waals surface area contributed by atoms with Crippen LogP contribution in [0, 0.1) is 12.8 Å². The lowest BCUT2D eigenvalue weighted by atomic mass is 9.89. The molecular weight excluding hydrogens is 326 g/mol. The predicted octanol–water partition coefficient (Wildman–Crippen LogP) is 5.52. The van der Waals surface area contributed by atoms with Gasteiger partial charge in [-0.15, -0.1) is 11.3 Å². The van der Waals surface area contributed by atoms with Crippen LogP contribution in [0.3, 0.4) is 0 Å². The van der Waals surface area contributed by atoms with Gasteiger partial charge in [-0.3, -0.25) is 0 Å². The van der Waals surface area contributed by atoms with E-state index in [1.54, 1.807) is 6.33 Å². The minimum Gasteiger partial charge on any atom is -0.339 e. The van der Waals surface area contributed by atoms with E-state index in [4.69, 9.17) is 11.6 Å². The SMILES string of the molecule is Cc1cc(Cl)ccc1Nc1ncnc2sc3c(c12)CCC(C)C3. The zero-order valence-corrected chi connectivity index (χ0v) is 14.8. The van der Waals surface area contributed by atoms with E-state index in [1.165, 1.54) is 22.2 Å². The van der Waals surface area contributed by atoms with Gasteiger partial charge >= 0.3 is 0 Å². The quantitative estimate of drug-likeness (QED) is 0.665. The van der Waals surface area contributed by atoms with Crippen molar-refractivity contribution in [1.29, 1.82) is 0 Å². The van der Waals surface area contributed by atoms with Crippen molar-refractivity contribution in [3.63, 3.8) is 0 Å². The van der Waals surface area contributed by atoms with Gasteiger partial charge in [-0.05, 0) is 61.4 Å². The maximum atomic E-state index is 6.05. The lowest BCUT2D eigenvalue weighted by molar-refractivity contribution is 0.509. The van der Waals surface area contributed by atoms with Crippen LogP contribution in [0.2, 0.25) is 5.02 Å². The fourth-order valence-electron chi connectivity index (χ4n) is 3.26. The molecule has 1 unspecified atom stereocenters. The van der Waals surface area contributed by atoms with Gasteiger partial charge < -0.3 is 5.32 Å². The fraction of sp³-hybridized carbons (Fsp3) is 0.333. The Morgan fingerprint density at radius 2 is 2.17 bits per heavy atom. The lowest BCUT2D eigenvalue weighted by Gasteiger charge is -2.18. The molecule has 1 N–H and O–H groups in total. The van der Waals surface area contributed by atoms with Crippen molar-refractivity contribution in [3.8, 4) is 0 Å². The van der Waals surface area contributed by atoms with Crippen molar-refractivity contribution in [1.82, 2.24) is 9.97 Å². The number of hydrogen-bond acceptors (Lipinski definition) is 4. The molecule has 2 aromatic heterocycles. The number of rotatable bonds is 2. The highest BCUT2D eigenvalue weighted by molar-refractivity contribution is 7.19. The van der Waals surface area contributed by atoms with E-state index >= 15 is 0 Å². The molecule has 1 aliphatic rings. The number of nitrogens with one attached hydrogen (secondary N) is 1. The number of anilines is 2. The van der Waals surface area contributed by atoms with Gasteiger partial charge in [-0.2, -0.15) is 0 Å². The summed E-state index contributed by atoms with van der Waals surface area (Å²) >= 11 is 7.88. The number of fused-ring (bicyclic) bond motifs is 3. The van der Waals surface area contributed by atoms with Gasteiger partial charge in [0, 0.05) is 15.6 Å². The van der Waals surface area contributed by atoms with Gasteiger partial charge in [-0.1, -0.05) is 18.5 Å². The summed E-state index contributed by atoms with van der Waals surface area (Å²) in [6.07, 6.45) is 5.18. The third-order valence-electron chi connectivity index (χ3n) is 4.53. The molecule has 0 spiro atoms. The van der Waals surface area contributed by atoms with Gasteiger partial charge in [0.1, 0.15) is 17.0 Å². The molecule has 0 amide bonds. The Labute approximate surface area is 144 Å². The van der Waals surface area contributed by atoms with E-state index in [0.717, 1.165) is 45.7 Å². The highest BCUT2D eigenvalue weighted by Gasteiger charge is 2.23. The standard InChI is InChI=1S/C18H18ClN3S/c1-10-3-5-13-15(7-10)23-18-16(13)17(20-9-21-18)22-14-6-4-12(19)8-11(14)2/h4,6,8-10H,3,5,7H2,1-2H3,(H,20,21,22). The number of thiophene rings is 1. The van der Waals surface area contributed by atoms with Gasteiger partial charge in [0.15, 0.2) is 0 Å². The highest BCUT2D eigenvalue weighted by Crippen LogP contribution is 2.40. The van der Waals surface area contributed by atoms with Crippen LogP contribution in [0.1, 0.15) is 29.3 Å². The van der Waals surface area contributed by atoms with E-state index in [-0.39, 0.29) is 0 Å². The molecule has 3 nitrogen and oxygen atoms in total. The second kappa shape index (κ2) is 5.77. The molecule has 5 heteroatoms. The molecule has 0 aliphatic heterocycles. The Balaban J connectivity index is 1.81. The van der Waals surface area contributed by atoms with Crippen LogP contribution in [0.15, 0.2) is 24.5 Å². The third-order valence-corrected chi connectivity index (χ3v) is 5.93. The lowest BCUT2D eigenvalue weighted by Crippen LogP contribution is -2.09. The summed E-state index contributed by atoms with van der Waals surface area (Å²) in [7, 11) is 0. The molecule has 0 saturated carbocycles. The molecule has 1 aliphatic carbocycles. The molecule has 0 saturated heterocycles. The Hall–Kier alpha value is -1.65.